The molecule has 3 atom stereocenters. The number of hydrogen-bond acceptors (Lipinski definition) is 12. The summed E-state index contributed by atoms with van der Waals surface area (Å²) in [5, 5.41) is 15.0. The number of esters is 1. The predicted molar refractivity (Wildman–Crippen MR) is 210 cm³/mol. The maximum Gasteiger partial charge on any atom is 0.417 e. The highest BCUT2D eigenvalue weighted by Gasteiger charge is 2.39. The van der Waals surface area contributed by atoms with Crippen LogP contribution in [0, 0.1) is 5.41 Å². The molecule has 16 nitrogen and oxygen atoms in total. The van der Waals surface area contributed by atoms with E-state index in [1.165, 1.54) is 19.0 Å². The van der Waals surface area contributed by atoms with Crippen molar-refractivity contribution in [2.45, 2.75) is 51.2 Å². The number of aliphatic imine (C=N–C) groups is 1. The molecule has 0 saturated heterocycles. The fourth-order valence-corrected chi connectivity index (χ4v) is 6.70. The summed E-state index contributed by atoms with van der Waals surface area (Å²) in [7, 11) is 2.92. The van der Waals surface area contributed by atoms with E-state index in [1.54, 1.807) is 0 Å². The van der Waals surface area contributed by atoms with Crippen LogP contribution in [0.3, 0.4) is 0 Å². The Morgan fingerprint density at radius 3 is 1.92 bits per heavy atom. The zero-order valence-corrected chi connectivity index (χ0v) is 34.1. The number of hydrogen-bond donors (Lipinski definition) is 7. The topological polar surface area (TPSA) is 242 Å². The molecule has 2 aromatic carbocycles. The summed E-state index contributed by atoms with van der Waals surface area (Å²) in [4.78, 5) is 93.3. The molecule has 7 N–H and O–H groups in total. The van der Waals surface area contributed by atoms with Crippen molar-refractivity contribution in [3.63, 3.8) is 0 Å². The molecule has 0 radical (unpaired) electrons. The Balaban J connectivity index is 2.65. The van der Waals surface area contributed by atoms with Crippen molar-refractivity contribution in [3.05, 3.63) is 53.1 Å². The van der Waals surface area contributed by atoms with E-state index in [0.717, 1.165) is 39.0 Å². The molecular formula is C34H38F6N8O8S3. The largest absolute Gasteiger partial charge is 0.424 e. The number of benzene rings is 2. The molecule has 25 heteroatoms. The van der Waals surface area contributed by atoms with E-state index < -0.39 is 121 Å². The van der Waals surface area contributed by atoms with E-state index in [-0.39, 0.29) is 17.8 Å². The summed E-state index contributed by atoms with van der Waals surface area (Å²) in [6, 6.07) is -0.853. The van der Waals surface area contributed by atoms with E-state index in [9.17, 15) is 59.9 Å². The van der Waals surface area contributed by atoms with Crippen LogP contribution in [0.4, 0.5) is 26.3 Å². The van der Waals surface area contributed by atoms with Gasteiger partial charge in [0.2, 0.25) is 45.8 Å². The van der Waals surface area contributed by atoms with Crippen LogP contribution in [0.1, 0.15) is 42.3 Å². The quantitative estimate of drug-likeness (QED) is 0.0362. The molecule has 0 aliphatic heterocycles. The maximum absolute atomic E-state index is 14.2. The van der Waals surface area contributed by atoms with Gasteiger partial charge in [-0.2, -0.15) is 44.0 Å². The Labute approximate surface area is 346 Å². The second-order valence-electron chi connectivity index (χ2n) is 12.3. The molecular weight excluding hydrogens is 859 g/mol. The average Bonchev–Trinajstić information content (AvgIpc) is 3.12. The maximum atomic E-state index is 14.2. The number of nitrogens with two attached hydrogens (primary N) is 1. The first-order valence-electron chi connectivity index (χ1n) is 16.6. The van der Waals surface area contributed by atoms with Crippen molar-refractivity contribution in [2.75, 3.05) is 31.4 Å². The van der Waals surface area contributed by atoms with Crippen LogP contribution in [-0.4, -0.2) is 106 Å². The van der Waals surface area contributed by atoms with Gasteiger partial charge in [0.25, 0.3) is 0 Å². The van der Waals surface area contributed by atoms with E-state index in [1.807, 2.05) is 0 Å². The number of carbonyl (C=O) groups excluding carboxylic acids is 7. The monoisotopic (exact) mass is 896 g/mol. The number of thiol groups is 1. The Bertz CT molecular complexity index is 2000. The smallest absolute Gasteiger partial charge is 0.417 e. The van der Waals surface area contributed by atoms with E-state index in [0.29, 0.717) is 35.7 Å². The molecule has 0 bridgehead atoms. The first-order chi connectivity index (χ1) is 27.2. The fraction of sp³-hybridized carbons (Fsp3) is 0.382. The number of nitrogens with one attached hydrogen (secondary N) is 5. The molecule has 0 aliphatic carbocycles. The van der Waals surface area contributed by atoms with Crippen LogP contribution in [0.2, 0.25) is 0 Å². The van der Waals surface area contributed by atoms with Gasteiger partial charge in [-0.3, -0.25) is 39.5 Å². The number of nitrogens with zero attached hydrogens (tertiary/aromatic N) is 2. The number of guanidine groups is 2. The Morgan fingerprint density at radius 2 is 1.39 bits per heavy atom. The van der Waals surface area contributed by atoms with Crippen LogP contribution in [-0.2, 0) is 41.1 Å². The number of amides is 4. The summed E-state index contributed by atoms with van der Waals surface area (Å²) >= 11 is 4.81. The van der Waals surface area contributed by atoms with Crippen LogP contribution in [0.15, 0.2) is 41.4 Å². The minimum absolute atomic E-state index is 0.119. The lowest BCUT2D eigenvalue weighted by Gasteiger charge is -2.20. The van der Waals surface area contributed by atoms with Gasteiger partial charge < -0.3 is 31.3 Å². The third-order valence-corrected chi connectivity index (χ3v) is 9.66. The van der Waals surface area contributed by atoms with Crippen molar-refractivity contribution >= 4 is 87.9 Å². The highest BCUT2D eigenvalue weighted by molar-refractivity contribution is 8.14. The Kier molecular flexibility index (Phi) is 18.3. The van der Waals surface area contributed by atoms with Gasteiger partial charge in [0.05, 0.1) is 16.7 Å². The summed E-state index contributed by atoms with van der Waals surface area (Å²) in [5.41, 5.74) is 0.424. The lowest BCUT2D eigenvalue weighted by atomic mass is 9.95. The van der Waals surface area contributed by atoms with Crippen LogP contribution < -0.4 is 31.7 Å². The van der Waals surface area contributed by atoms with Crippen molar-refractivity contribution in [3.8, 4) is 16.9 Å². The highest BCUT2D eigenvalue weighted by atomic mass is 32.2. The minimum Gasteiger partial charge on any atom is -0.424 e. The molecule has 0 saturated carbocycles. The fourth-order valence-electron chi connectivity index (χ4n) is 4.56. The number of halogens is 6. The second-order valence-corrected chi connectivity index (χ2v) is 14.6. The zero-order chi connectivity index (χ0) is 45.0. The van der Waals surface area contributed by atoms with Gasteiger partial charge in [0.1, 0.15) is 23.9 Å². The van der Waals surface area contributed by atoms with E-state index >= 15 is 0 Å². The first-order valence-corrected chi connectivity index (χ1v) is 19.2. The molecule has 0 aliphatic rings. The molecule has 0 aromatic heterocycles. The van der Waals surface area contributed by atoms with Gasteiger partial charge in [-0.15, -0.1) is 0 Å². The van der Waals surface area contributed by atoms with E-state index in [4.69, 9.17) is 15.9 Å². The Hall–Kier alpha value is -5.30. The van der Waals surface area contributed by atoms with Gasteiger partial charge in [0, 0.05) is 52.1 Å². The van der Waals surface area contributed by atoms with Gasteiger partial charge in [0.15, 0.2) is 0 Å². The lowest BCUT2D eigenvalue weighted by Crippen LogP contribution is -2.51. The van der Waals surface area contributed by atoms with Crippen molar-refractivity contribution in [1.82, 2.24) is 26.2 Å². The minimum atomic E-state index is -5.33. The number of thioether (sulfide) groups is 2. The molecule has 2 aromatic rings. The van der Waals surface area contributed by atoms with Crippen molar-refractivity contribution in [1.29, 1.82) is 5.41 Å². The standard InChI is InChI=1S/C34H38F6N8O8S3/c1-15(49)43-23(12-57)30(55)59-14-25(45-17(3)51)28(53)56-26-9-6-18(20-8-7-19(33(35,36)37)11-22(20)34(38,39)40)10-21(26)29(54)58-13-24(44-16(2)50)27(52)46-31(41)47-32(42)48(4)5/h6-11,23-25,57H,12-14H2,1-5H3,(H,43,49)(H,44,50)(H,45,51)(H4,41,42,46,47,52). The summed E-state index contributed by atoms with van der Waals surface area (Å²) in [6.07, 6.45) is -10.5. The zero-order valence-electron chi connectivity index (χ0n) is 31.6. The number of alkyl halides is 6. The summed E-state index contributed by atoms with van der Waals surface area (Å²) in [5.74, 6) is -7.16. The number of carbonyl (C=O) groups is 7. The third kappa shape index (κ3) is 15.8. The summed E-state index contributed by atoms with van der Waals surface area (Å²) in [6.45, 7) is 3.21. The van der Waals surface area contributed by atoms with Crippen LogP contribution in [0.5, 0.6) is 5.75 Å². The molecule has 2 rings (SSSR count). The first kappa shape index (κ1) is 49.8. The molecule has 3 unspecified atom stereocenters. The van der Waals surface area contributed by atoms with Crippen LogP contribution in [0.25, 0.3) is 11.1 Å². The lowest BCUT2D eigenvalue weighted by molar-refractivity contribution is -0.143. The molecule has 59 heavy (non-hydrogen) atoms. The van der Waals surface area contributed by atoms with Gasteiger partial charge >= 0.3 is 18.3 Å². The molecule has 0 spiro atoms. The molecule has 4 amide bonds. The number of rotatable bonds is 14. The average molecular weight is 897 g/mol. The Morgan fingerprint density at radius 1 is 0.831 bits per heavy atom. The highest BCUT2D eigenvalue weighted by Crippen LogP contribution is 2.42. The molecule has 322 valence electrons. The van der Waals surface area contributed by atoms with E-state index in [2.05, 4.69) is 38.9 Å². The SMILES string of the molecule is CC(=O)NC(CSC(=O)c1cc(-c2ccc(C(F)(F)F)cc2C(F)(F)F)ccc1OC(=O)C(CSC(=O)C(CS)NC(C)=O)NC(C)=O)C(=O)N/C(N)=N/C(=N)N(C)C. The molecule has 0 heterocycles. The molecule has 0 fully saturated rings. The van der Waals surface area contributed by atoms with Crippen molar-refractivity contribution < 1.29 is 64.6 Å². The number of ether oxygens (including phenoxy) is 1. The normalized spacial score (nSPS) is 13.3. The second kappa shape index (κ2) is 21.6. The van der Waals surface area contributed by atoms with Crippen molar-refractivity contribution in [2.24, 2.45) is 10.7 Å². The predicted octanol–water partition coefficient (Wildman–Crippen LogP) is 2.80. The third-order valence-electron chi connectivity index (χ3n) is 7.25. The van der Waals surface area contributed by atoms with Crippen LogP contribution >= 0.6 is 36.2 Å². The van der Waals surface area contributed by atoms with Gasteiger partial charge in [-0.1, -0.05) is 35.7 Å². The van der Waals surface area contributed by atoms with Gasteiger partial charge in [-0.25, -0.2) is 4.79 Å². The summed E-state index contributed by atoms with van der Waals surface area (Å²) < 4.78 is 88.2. The van der Waals surface area contributed by atoms with Gasteiger partial charge in [-0.05, 0) is 35.4 Å².